The molecule has 0 saturated carbocycles. The van der Waals surface area contributed by atoms with Crippen molar-refractivity contribution < 1.29 is 8.42 Å². The van der Waals surface area contributed by atoms with Crippen molar-refractivity contribution in [2.75, 3.05) is 18.4 Å². The molecule has 6 nitrogen and oxygen atoms in total. The summed E-state index contributed by atoms with van der Waals surface area (Å²) in [4.78, 5) is 4.67. The van der Waals surface area contributed by atoms with E-state index in [4.69, 9.17) is 5.73 Å². The second kappa shape index (κ2) is 8.10. The summed E-state index contributed by atoms with van der Waals surface area (Å²) >= 11 is 0. The Hall–Kier alpha value is -2.38. The molecule has 3 rings (SSSR count). The van der Waals surface area contributed by atoms with Crippen LogP contribution in [-0.2, 0) is 16.6 Å². The minimum atomic E-state index is -3.37. The highest BCUT2D eigenvalue weighted by molar-refractivity contribution is 7.89. The lowest BCUT2D eigenvalue weighted by Gasteiger charge is -2.15. The van der Waals surface area contributed by atoms with Crippen LogP contribution in [0.25, 0.3) is 0 Å². The molecule has 0 spiro atoms. The molecule has 0 amide bonds. The topological polar surface area (TPSA) is 87.8 Å². The SMILES string of the molecule is Cc1ccc(NC(N)=NCc2ccc(S(=O)(=O)N3CCCC3)cc2)cc1C. The number of nitrogens with two attached hydrogens (primary N) is 1. The van der Waals surface area contributed by atoms with Crippen LogP contribution in [0.4, 0.5) is 5.69 Å². The largest absolute Gasteiger partial charge is 0.370 e. The summed E-state index contributed by atoms with van der Waals surface area (Å²) in [6.45, 7) is 5.70. The molecular weight excluding hydrogens is 360 g/mol. The van der Waals surface area contributed by atoms with Gasteiger partial charge >= 0.3 is 0 Å². The van der Waals surface area contributed by atoms with Crippen LogP contribution < -0.4 is 11.1 Å². The van der Waals surface area contributed by atoms with Crippen LogP contribution in [0.15, 0.2) is 52.4 Å². The van der Waals surface area contributed by atoms with Gasteiger partial charge in [0.15, 0.2) is 5.96 Å². The lowest BCUT2D eigenvalue weighted by molar-refractivity contribution is 0.477. The Morgan fingerprint density at radius 3 is 2.37 bits per heavy atom. The van der Waals surface area contributed by atoms with Gasteiger partial charge in [0.25, 0.3) is 0 Å². The van der Waals surface area contributed by atoms with Crippen LogP contribution in [0.2, 0.25) is 0 Å². The van der Waals surface area contributed by atoms with Gasteiger partial charge in [-0.05, 0) is 67.6 Å². The van der Waals surface area contributed by atoms with E-state index in [9.17, 15) is 8.42 Å². The minimum absolute atomic E-state index is 0.326. The number of hydrogen-bond donors (Lipinski definition) is 2. The predicted octanol–water partition coefficient (Wildman–Crippen LogP) is 3.01. The Bertz CT molecular complexity index is 931. The molecule has 1 aliphatic rings. The summed E-state index contributed by atoms with van der Waals surface area (Å²) in [6.07, 6.45) is 1.86. The molecule has 0 aromatic heterocycles. The monoisotopic (exact) mass is 386 g/mol. The molecule has 0 bridgehead atoms. The summed E-state index contributed by atoms with van der Waals surface area (Å²) in [5.74, 6) is 0.326. The third-order valence-electron chi connectivity index (χ3n) is 4.84. The lowest BCUT2D eigenvalue weighted by Crippen LogP contribution is -2.27. The normalized spacial score (nSPS) is 15.9. The first-order valence-corrected chi connectivity index (χ1v) is 10.5. The van der Waals surface area contributed by atoms with Crippen LogP contribution >= 0.6 is 0 Å². The highest BCUT2D eigenvalue weighted by Gasteiger charge is 2.26. The van der Waals surface area contributed by atoms with E-state index in [1.54, 1.807) is 28.6 Å². The number of nitrogens with zero attached hydrogens (tertiary/aromatic N) is 2. The van der Waals surface area contributed by atoms with E-state index < -0.39 is 10.0 Å². The van der Waals surface area contributed by atoms with Gasteiger partial charge in [0.1, 0.15) is 0 Å². The first kappa shape index (κ1) is 19.4. The maximum atomic E-state index is 12.5. The fourth-order valence-corrected chi connectivity index (χ4v) is 4.54. The molecule has 144 valence electrons. The van der Waals surface area contributed by atoms with Crippen molar-refractivity contribution in [2.45, 2.75) is 38.1 Å². The van der Waals surface area contributed by atoms with Gasteiger partial charge in [-0.1, -0.05) is 18.2 Å². The van der Waals surface area contributed by atoms with Crippen molar-refractivity contribution >= 4 is 21.7 Å². The molecule has 1 saturated heterocycles. The smallest absolute Gasteiger partial charge is 0.243 e. The highest BCUT2D eigenvalue weighted by atomic mass is 32.2. The van der Waals surface area contributed by atoms with Crippen molar-refractivity contribution in [3.8, 4) is 0 Å². The van der Waals surface area contributed by atoms with E-state index in [1.165, 1.54) is 11.1 Å². The van der Waals surface area contributed by atoms with Crippen molar-refractivity contribution in [2.24, 2.45) is 10.7 Å². The first-order chi connectivity index (χ1) is 12.9. The van der Waals surface area contributed by atoms with Crippen LogP contribution in [0.3, 0.4) is 0 Å². The Kier molecular flexibility index (Phi) is 5.82. The van der Waals surface area contributed by atoms with Crippen molar-refractivity contribution in [3.05, 3.63) is 59.2 Å². The van der Waals surface area contributed by atoms with Gasteiger partial charge in [-0.25, -0.2) is 13.4 Å². The molecule has 2 aromatic rings. The average molecular weight is 387 g/mol. The number of aryl methyl sites for hydroxylation is 2. The van der Waals surface area contributed by atoms with Crippen molar-refractivity contribution in [3.63, 3.8) is 0 Å². The predicted molar refractivity (Wildman–Crippen MR) is 109 cm³/mol. The molecule has 1 aliphatic heterocycles. The molecular formula is C20H26N4O2S. The number of aliphatic imine (C=N–C) groups is 1. The fourth-order valence-electron chi connectivity index (χ4n) is 3.03. The summed E-state index contributed by atoms with van der Waals surface area (Å²) in [5.41, 5.74) is 10.2. The zero-order chi connectivity index (χ0) is 19.4. The Morgan fingerprint density at radius 2 is 1.74 bits per heavy atom. The summed E-state index contributed by atoms with van der Waals surface area (Å²) in [5, 5.41) is 3.08. The molecule has 0 aliphatic carbocycles. The van der Waals surface area contributed by atoms with Crippen LogP contribution in [0.5, 0.6) is 0 Å². The van der Waals surface area contributed by atoms with E-state index in [0.29, 0.717) is 30.5 Å². The molecule has 27 heavy (non-hydrogen) atoms. The van der Waals surface area contributed by atoms with E-state index in [0.717, 1.165) is 24.1 Å². The van der Waals surface area contributed by atoms with E-state index in [-0.39, 0.29) is 0 Å². The quantitative estimate of drug-likeness (QED) is 0.611. The second-order valence-corrected chi connectivity index (χ2v) is 8.82. The van der Waals surface area contributed by atoms with Crippen LogP contribution in [0.1, 0.15) is 29.5 Å². The van der Waals surface area contributed by atoms with Gasteiger partial charge in [-0.2, -0.15) is 4.31 Å². The Balaban J connectivity index is 1.63. The van der Waals surface area contributed by atoms with Crippen LogP contribution in [0, 0.1) is 13.8 Å². The van der Waals surface area contributed by atoms with E-state index in [2.05, 4.69) is 17.2 Å². The molecule has 0 atom stereocenters. The second-order valence-electron chi connectivity index (χ2n) is 6.88. The van der Waals surface area contributed by atoms with Gasteiger partial charge in [-0.3, -0.25) is 0 Å². The lowest BCUT2D eigenvalue weighted by atomic mass is 10.1. The van der Waals surface area contributed by atoms with Crippen LogP contribution in [-0.4, -0.2) is 31.8 Å². The zero-order valence-corrected chi connectivity index (χ0v) is 16.6. The van der Waals surface area contributed by atoms with Gasteiger partial charge in [-0.15, -0.1) is 0 Å². The highest BCUT2D eigenvalue weighted by Crippen LogP contribution is 2.21. The maximum Gasteiger partial charge on any atom is 0.243 e. The molecule has 0 radical (unpaired) electrons. The number of nitrogens with one attached hydrogen (secondary N) is 1. The number of hydrogen-bond acceptors (Lipinski definition) is 3. The maximum absolute atomic E-state index is 12.5. The summed E-state index contributed by atoms with van der Waals surface area (Å²) < 4.78 is 26.6. The van der Waals surface area contributed by atoms with Crippen molar-refractivity contribution in [1.29, 1.82) is 0 Å². The fraction of sp³-hybridized carbons (Fsp3) is 0.350. The average Bonchev–Trinajstić information content (AvgIpc) is 3.19. The number of rotatable bonds is 5. The Morgan fingerprint density at radius 1 is 1.07 bits per heavy atom. The van der Waals surface area contributed by atoms with E-state index >= 15 is 0 Å². The molecule has 1 fully saturated rings. The van der Waals surface area contributed by atoms with Gasteiger partial charge in [0, 0.05) is 18.8 Å². The van der Waals surface area contributed by atoms with Crippen molar-refractivity contribution in [1.82, 2.24) is 4.31 Å². The minimum Gasteiger partial charge on any atom is -0.370 e. The molecule has 7 heteroatoms. The molecule has 1 heterocycles. The number of anilines is 1. The zero-order valence-electron chi connectivity index (χ0n) is 15.8. The number of guanidine groups is 1. The third kappa shape index (κ3) is 4.67. The first-order valence-electron chi connectivity index (χ1n) is 9.09. The van der Waals surface area contributed by atoms with Gasteiger partial charge in [0.2, 0.25) is 10.0 Å². The summed E-state index contributed by atoms with van der Waals surface area (Å²) in [6, 6.07) is 12.9. The molecule has 0 unspecified atom stereocenters. The number of benzene rings is 2. The molecule has 3 N–H and O–H groups in total. The molecule has 2 aromatic carbocycles. The number of sulfonamides is 1. The summed E-state index contributed by atoms with van der Waals surface area (Å²) in [7, 11) is -3.37. The standard InChI is InChI=1S/C20H26N4O2S/c1-15-5-8-18(13-16(15)2)23-20(21)22-14-17-6-9-19(10-7-17)27(25,26)24-11-3-4-12-24/h5-10,13H,3-4,11-12,14H2,1-2H3,(H3,21,22,23). The third-order valence-corrected chi connectivity index (χ3v) is 6.75. The Labute approximate surface area is 161 Å². The van der Waals surface area contributed by atoms with E-state index in [1.807, 2.05) is 25.1 Å². The van der Waals surface area contributed by atoms with Gasteiger partial charge < -0.3 is 11.1 Å². The van der Waals surface area contributed by atoms with Gasteiger partial charge in [0.05, 0.1) is 11.4 Å².